The van der Waals surface area contributed by atoms with Gasteiger partial charge in [0.25, 0.3) is 0 Å². The molecule has 0 radical (unpaired) electrons. The molecule has 0 aromatic rings. The van der Waals surface area contributed by atoms with Crippen molar-refractivity contribution in [2.24, 2.45) is 5.92 Å². The Morgan fingerprint density at radius 2 is 2.15 bits per heavy atom. The fourth-order valence-corrected chi connectivity index (χ4v) is 2.89. The number of hydrogen-bond donors (Lipinski definition) is 0. The summed E-state index contributed by atoms with van der Waals surface area (Å²) in [6.07, 6.45) is 10.1. The third-order valence-electron chi connectivity index (χ3n) is 2.65. The van der Waals surface area contributed by atoms with Gasteiger partial charge in [-0.25, -0.2) is 0 Å². The molecule has 0 aromatic carbocycles. The van der Waals surface area contributed by atoms with E-state index in [0.717, 1.165) is 6.42 Å². The molecule has 0 aliphatic heterocycles. The molecule has 0 heterocycles. The first-order valence-electron chi connectivity index (χ1n) is 4.86. The van der Waals surface area contributed by atoms with Crippen LogP contribution in [0.1, 0.15) is 20.3 Å². The monoisotopic (exact) mass is 192 g/mol. The van der Waals surface area contributed by atoms with Gasteiger partial charge in [0.1, 0.15) is 0 Å². The third-order valence-corrected chi connectivity index (χ3v) is 4.34. The summed E-state index contributed by atoms with van der Waals surface area (Å²) in [5.41, 5.74) is 3.65. The van der Waals surface area contributed by atoms with Gasteiger partial charge in [0.15, 0.2) is 9.76 Å². The van der Waals surface area contributed by atoms with E-state index in [1.54, 1.807) is 0 Å². The van der Waals surface area contributed by atoms with Gasteiger partial charge >= 0.3 is 0 Å². The summed E-state index contributed by atoms with van der Waals surface area (Å²) in [5.74, 6) is 0.653. The molecule has 2 bridgehead atoms. The quantitative estimate of drug-likeness (QED) is 0.490. The number of allylic oxidation sites excluding steroid dienone is 3. The Balaban J connectivity index is 1.92. The SMILES string of the molecule is CC(C)=C[SiH2]OC12C=CC(C=C1)C2. The van der Waals surface area contributed by atoms with Gasteiger partial charge in [-0.2, -0.15) is 0 Å². The Hall–Kier alpha value is -0.603. The summed E-state index contributed by atoms with van der Waals surface area (Å²) in [6.45, 7) is 4.26. The molecule has 0 unspecified atom stereocenters. The molecular weight excluding hydrogens is 176 g/mol. The summed E-state index contributed by atoms with van der Waals surface area (Å²) in [6, 6.07) is 0. The van der Waals surface area contributed by atoms with Crippen molar-refractivity contribution in [1.82, 2.24) is 0 Å². The predicted molar refractivity (Wildman–Crippen MR) is 58.2 cm³/mol. The van der Waals surface area contributed by atoms with Gasteiger partial charge in [-0.1, -0.05) is 35.6 Å². The standard InChI is InChI=1S/C11H16OSi/c1-9(2)8-13-12-11-5-3-10(7-11)4-6-11/h3-6,8,10H,7,13H2,1-2H3. The Morgan fingerprint density at radius 3 is 2.62 bits per heavy atom. The molecule has 13 heavy (non-hydrogen) atoms. The molecule has 0 saturated heterocycles. The summed E-state index contributed by atoms with van der Waals surface area (Å²) in [7, 11) is -0.471. The van der Waals surface area contributed by atoms with Crippen LogP contribution in [0.4, 0.5) is 0 Å². The summed E-state index contributed by atoms with van der Waals surface area (Å²) >= 11 is 0. The van der Waals surface area contributed by atoms with Crippen LogP contribution < -0.4 is 0 Å². The van der Waals surface area contributed by atoms with Crippen LogP contribution in [-0.4, -0.2) is 15.4 Å². The first-order chi connectivity index (χ1) is 6.20. The lowest BCUT2D eigenvalue weighted by Crippen LogP contribution is -2.25. The summed E-state index contributed by atoms with van der Waals surface area (Å²) < 4.78 is 5.98. The zero-order valence-corrected chi connectivity index (χ0v) is 9.70. The van der Waals surface area contributed by atoms with E-state index in [-0.39, 0.29) is 5.60 Å². The van der Waals surface area contributed by atoms with E-state index in [0.29, 0.717) is 5.92 Å². The topological polar surface area (TPSA) is 9.23 Å². The molecule has 2 rings (SSSR count). The van der Waals surface area contributed by atoms with Gasteiger partial charge < -0.3 is 4.43 Å². The van der Waals surface area contributed by atoms with Gasteiger partial charge in [-0.15, -0.1) is 0 Å². The molecule has 2 heteroatoms. The minimum atomic E-state index is -0.471. The van der Waals surface area contributed by atoms with Crippen LogP contribution in [0.15, 0.2) is 35.6 Å². The van der Waals surface area contributed by atoms with Gasteiger partial charge in [-0.3, -0.25) is 0 Å². The van der Waals surface area contributed by atoms with Crippen LogP contribution in [0.3, 0.4) is 0 Å². The third kappa shape index (κ3) is 1.84. The van der Waals surface area contributed by atoms with E-state index < -0.39 is 9.76 Å². The zero-order chi connectivity index (χ0) is 9.31. The van der Waals surface area contributed by atoms with Gasteiger partial charge in [0.05, 0.1) is 5.60 Å². The highest BCUT2D eigenvalue weighted by molar-refractivity contribution is 6.34. The van der Waals surface area contributed by atoms with Crippen molar-refractivity contribution < 1.29 is 4.43 Å². The lowest BCUT2D eigenvalue weighted by atomic mass is 10.1. The van der Waals surface area contributed by atoms with E-state index in [9.17, 15) is 0 Å². The van der Waals surface area contributed by atoms with E-state index in [4.69, 9.17) is 4.43 Å². The summed E-state index contributed by atoms with van der Waals surface area (Å²) in [4.78, 5) is 0. The fourth-order valence-electron chi connectivity index (χ4n) is 1.85. The molecule has 0 saturated carbocycles. The van der Waals surface area contributed by atoms with Crippen molar-refractivity contribution >= 4 is 9.76 Å². The molecule has 0 aromatic heterocycles. The molecule has 0 spiro atoms. The normalized spacial score (nSPS) is 35.1. The molecule has 2 aliphatic carbocycles. The maximum absolute atomic E-state index is 5.98. The number of hydrogen-bond acceptors (Lipinski definition) is 1. The van der Waals surface area contributed by atoms with Crippen molar-refractivity contribution in [3.8, 4) is 0 Å². The van der Waals surface area contributed by atoms with Crippen LogP contribution in [0, 0.1) is 5.92 Å². The van der Waals surface area contributed by atoms with Crippen molar-refractivity contribution in [2.75, 3.05) is 0 Å². The van der Waals surface area contributed by atoms with Crippen molar-refractivity contribution in [1.29, 1.82) is 0 Å². The van der Waals surface area contributed by atoms with Crippen LogP contribution in [-0.2, 0) is 4.43 Å². The van der Waals surface area contributed by atoms with Crippen LogP contribution in [0.5, 0.6) is 0 Å². The van der Waals surface area contributed by atoms with Crippen LogP contribution in [0.2, 0.25) is 0 Å². The average Bonchev–Trinajstić information content (AvgIpc) is 2.62. The first kappa shape index (κ1) is 8.97. The van der Waals surface area contributed by atoms with Crippen LogP contribution in [0.25, 0.3) is 0 Å². The maximum atomic E-state index is 5.98. The average molecular weight is 192 g/mol. The predicted octanol–water partition coefficient (Wildman–Crippen LogP) is 1.90. The highest BCUT2D eigenvalue weighted by atomic mass is 28.2. The molecule has 0 N–H and O–H groups in total. The second-order valence-electron chi connectivity index (χ2n) is 4.13. The second-order valence-corrected chi connectivity index (χ2v) is 5.16. The van der Waals surface area contributed by atoms with Gasteiger partial charge in [-0.05, 0) is 26.2 Å². The maximum Gasteiger partial charge on any atom is 0.186 e. The number of rotatable bonds is 3. The number of fused-ring (bicyclic) bond motifs is 2. The van der Waals surface area contributed by atoms with Crippen molar-refractivity contribution in [3.05, 3.63) is 35.6 Å². The first-order valence-corrected chi connectivity index (χ1v) is 6.26. The van der Waals surface area contributed by atoms with Crippen molar-refractivity contribution in [2.45, 2.75) is 25.9 Å². The lowest BCUT2D eigenvalue weighted by molar-refractivity contribution is 0.186. The Labute approximate surface area is 82.1 Å². The molecule has 2 aliphatic rings. The zero-order valence-electron chi connectivity index (χ0n) is 8.29. The molecule has 70 valence electrons. The van der Waals surface area contributed by atoms with E-state index >= 15 is 0 Å². The highest BCUT2D eigenvalue weighted by Gasteiger charge is 2.36. The highest BCUT2D eigenvalue weighted by Crippen LogP contribution is 2.38. The van der Waals surface area contributed by atoms with E-state index in [1.807, 2.05) is 0 Å². The molecular formula is C11H16OSi. The molecule has 0 amide bonds. The lowest BCUT2D eigenvalue weighted by Gasteiger charge is -2.21. The van der Waals surface area contributed by atoms with Gasteiger partial charge in [0.2, 0.25) is 0 Å². The van der Waals surface area contributed by atoms with Crippen LogP contribution >= 0.6 is 0 Å². The minimum Gasteiger partial charge on any atom is -0.407 e. The Kier molecular flexibility index (Phi) is 2.26. The van der Waals surface area contributed by atoms with Crippen molar-refractivity contribution in [3.63, 3.8) is 0 Å². The fraction of sp³-hybridized carbons (Fsp3) is 0.455. The Morgan fingerprint density at radius 1 is 1.46 bits per heavy atom. The second kappa shape index (κ2) is 3.27. The van der Waals surface area contributed by atoms with E-state index in [1.165, 1.54) is 5.57 Å². The van der Waals surface area contributed by atoms with E-state index in [2.05, 4.69) is 43.9 Å². The minimum absolute atomic E-state index is 0.00282. The smallest absolute Gasteiger partial charge is 0.186 e. The molecule has 0 fully saturated rings. The Bertz CT molecular complexity index is 270. The largest absolute Gasteiger partial charge is 0.407 e. The molecule has 1 nitrogen and oxygen atoms in total. The molecule has 0 atom stereocenters. The summed E-state index contributed by atoms with van der Waals surface area (Å²) in [5, 5.41) is 0. The van der Waals surface area contributed by atoms with Gasteiger partial charge in [0, 0.05) is 0 Å².